The Hall–Kier alpha value is -1.74. The van der Waals surface area contributed by atoms with E-state index in [1.165, 1.54) is 0 Å². The van der Waals surface area contributed by atoms with Crippen molar-refractivity contribution in [2.24, 2.45) is 0 Å². The number of carbonyl (C=O) groups excluding carboxylic acids is 1. The summed E-state index contributed by atoms with van der Waals surface area (Å²) in [6.07, 6.45) is 5.30. The molecule has 1 heterocycles. The Bertz CT molecular complexity index is 606. The van der Waals surface area contributed by atoms with Crippen LogP contribution in [0, 0.1) is 0 Å². The molecule has 3 heteroatoms. The second-order valence-corrected chi connectivity index (χ2v) is 5.22. The van der Waals surface area contributed by atoms with Gasteiger partial charge in [0, 0.05) is 30.7 Å². The molecule has 2 aromatic rings. The molecular formula is C16H17NO2. The highest BCUT2D eigenvalue weighted by atomic mass is 16.5. The van der Waals surface area contributed by atoms with Crippen LogP contribution in [0.25, 0.3) is 10.9 Å². The van der Waals surface area contributed by atoms with Crippen molar-refractivity contribution in [3.8, 4) is 0 Å². The number of benzene rings is 1. The SMILES string of the molecule is COC1(CC(=O)c2cccc3cccnc23)CCC1. The van der Waals surface area contributed by atoms with Gasteiger partial charge in [0.05, 0.1) is 11.1 Å². The molecule has 1 aromatic heterocycles. The number of pyridine rings is 1. The molecule has 0 bridgehead atoms. The summed E-state index contributed by atoms with van der Waals surface area (Å²) in [6.45, 7) is 0. The highest BCUT2D eigenvalue weighted by molar-refractivity contribution is 6.07. The molecule has 3 nitrogen and oxygen atoms in total. The molecule has 0 aliphatic heterocycles. The summed E-state index contributed by atoms with van der Waals surface area (Å²) >= 11 is 0. The molecule has 98 valence electrons. The van der Waals surface area contributed by atoms with Crippen LogP contribution in [0.5, 0.6) is 0 Å². The van der Waals surface area contributed by atoms with Crippen LogP contribution >= 0.6 is 0 Å². The molecule has 0 N–H and O–H groups in total. The van der Waals surface area contributed by atoms with E-state index < -0.39 is 0 Å². The van der Waals surface area contributed by atoms with Gasteiger partial charge in [-0.15, -0.1) is 0 Å². The van der Waals surface area contributed by atoms with Crippen LogP contribution in [0.2, 0.25) is 0 Å². The number of nitrogens with zero attached hydrogens (tertiary/aromatic N) is 1. The van der Waals surface area contributed by atoms with E-state index in [-0.39, 0.29) is 11.4 Å². The maximum Gasteiger partial charge on any atom is 0.167 e. The standard InChI is InChI=1S/C16H17NO2/c1-19-16(8-4-9-16)11-14(18)13-7-2-5-12-6-3-10-17-15(12)13/h2-3,5-7,10H,4,8-9,11H2,1H3. The minimum Gasteiger partial charge on any atom is -0.378 e. The molecule has 1 fully saturated rings. The number of methoxy groups -OCH3 is 1. The minimum absolute atomic E-state index is 0.130. The normalized spacial score (nSPS) is 17.1. The van der Waals surface area contributed by atoms with Gasteiger partial charge < -0.3 is 4.74 Å². The largest absolute Gasteiger partial charge is 0.378 e. The zero-order valence-electron chi connectivity index (χ0n) is 11.1. The van der Waals surface area contributed by atoms with Crippen molar-refractivity contribution in [2.75, 3.05) is 7.11 Å². The third kappa shape index (κ3) is 2.15. The molecule has 0 radical (unpaired) electrons. The molecule has 0 unspecified atom stereocenters. The number of Topliss-reactive ketones (excluding diaryl/α,β-unsaturated/α-hetero) is 1. The first-order chi connectivity index (χ1) is 9.24. The van der Waals surface area contributed by atoms with E-state index >= 15 is 0 Å². The zero-order chi connectivity index (χ0) is 13.3. The zero-order valence-corrected chi connectivity index (χ0v) is 11.1. The van der Waals surface area contributed by atoms with E-state index in [1.807, 2.05) is 30.3 Å². The highest BCUT2D eigenvalue weighted by Crippen LogP contribution is 2.39. The lowest BCUT2D eigenvalue weighted by molar-refractivity contribution is -0.0704. The van der Waals surface area contributed by atoms with Crippen LogP contribution < -0.4 is 0 Å². The van der Waals surface area contributed by atoms with Crippen LogP contribution in [0.1, 0.15) is 36.0 Å². The van der Waals surface area contributed by atoms with Crippen LogP contribution in [-0.4, -0.2) is 23.5 Å². The minimum atomic E-state index is -0.228. The molecule has 3 rings (SSSR count). The topological polar surface area (TPSA) is 39.2 Å². The third-order valence-electron chi connectivity index (χ3n) is 4.11. The number of ether oxygens (including phenoxy) is 1. The van der Waals surface area contributed by atoms with E-state index in [1.54, 1.807) is 13.3 Å². The first-order valence-corrected chi connectivity index (χ1v) is 6.66. The average molecular weight is 255 g/mol. The maximum absolute atomic E-state index is 12.5. The quantitative estimate of drug-likeness (QED) is 0.786. The lowest BCUT2D eigenvalue weighted by Gasteiger charge is -2.40. The highest BCUT2D eigenvalue weighted by Gasteiger charge is 2.39. The Morgan fingerprint density at radius 2 is 2.11 bits per heavy atom. The van der Waals surface area contributed by atoms with Gasteiger partial charge in [-0.05, 0) is 31.4 Å². The monoisotopic (exact) mass is 255 g/mol. The number of ketones is 1. The second kappa shape index (κ2) is 4.74. The van der Waals surface area contributed by atoms with Gasteiger partial charge in [0.1, 0.15) is 0 Å². The predicted molar refractivity (Wildman–Crippen MR) is 74.3 cm³/mol. The lowest BCUT2D eigenvalue weighted by atomic mass is 9.75. The maximum atomic E-state index is 12.5. The third-order valence-corrected chi connectivity index (χ3v) is 4.11. The molecular weight excluding hydrogens is 238 g/mol. The van der Waals surface area contributed by atoms with E-state index in [9.17, 15) is 4.79 Å². The number of para-hydroxylation sites is 1. The molecule has 1 aliphatic carbocycles. The molecule has 0 saturated heterocycles. The van der Waals surface area contributed by atoms with Gasteiger partial charge in [-0.25, -0.2) is 0 Å². The number of rotatable bonds is 4. The van der Waals surface area contributed by atoms with Crippen molar-refractivity contribution < 1.29 is 9.53 Å². The molecule has 19 heavy (non-hydrogen) atoms. The van der Waals surface area contributed by atoms with Gasteiger partial charge in [0.2, 0.25) is 0 Å². The van der Waals surface area contributed by atoms with Gasteiger partial charge >= 0.3 is 0 Å². The van der Waals surface area contributed by atoms with Gasteiger partial charge in [0.25, 0.3) is 0 Å². The fraction of sp³-hybridized carbons (Fsp3) is 0.375. The van der Waals surface area contributed by atoms with Crippen LogP contribution in [0.15, 0.2) is 36.5 Å². The Kier molecular flexibility index (Phi) is 3.07. The van der Waals surface area contributed by atoms with Crippen LogP contribution in [0.3, 0.4) is 0 Å². The molecule has 0 amide bonds. The molecule has 0 spiro atoms. The van der Waals surface area contributed by atoms with E-state index in [0.717, 1.165) is 30.2 Å². The van der Waals surface area contributed by atoms with Crippen molar-refractivity contribution in [1.29, 1.82) is 0 Å². The van der Waals surface area contributed by atoms with Crippen molar-refractivity contribution in [3.63, 3.8) is 0 Å². The second-order valence-electron chi connectivity index (χ2n) is 5.22. The summed E-state index contributed by atoms with van der Waals surface area (Å²) in [5.74, 6) is 0.130. The smallest absolute Gasteiger partial charge is 0.167 e. The summed E-state index contributed by atoms with van der Waals surface area (Å²) in [5, 5.41) is 1.01. The van der Waals surface area contributed by atoms with Crippen molar-refractivity contribution >= 4 is 16.7 Å². The summed E-state index contributed by atoms with van der Waals surface area (Å²) in [5.41, 5.74) is 1.27. The average Bonchev–Trinajstić information content (AvgIpc) is 2.42. The predicted octanol–water partition coefficient (Wildman–Crippen LogP) is 3.38. The number of hydrogen-bond donors (Lipinski definition) is 0. The van der Waals surface area contributed by atoms with E-state index in [0.29, 0.717) is 12.0 Å². The van der Waals surface area contributed by atoms with Gasteiger partial charge in [-0.2, -0.15) is 0 Å². The number of aromatic nitrogens is 1. The van der Waals surface area contributed by atoms with E-state index in [4.69, 9.17) is 4.74 Å². The lowest BCUT2D eigenvalue weighted by Crippen LogP contribution is -2.41. The van der Waals surface area contributed by atoms with Gasteiger partial charge in [-0.3, -0.25) is 9.78 Å². The summed E-state index contributed by atoms with van der Waals surface area (Å²) < 4.78 is 5.54. The van der Waals surface area contributed by atoms with Crippen molar-refractivity contribution in [2.45, 2.75) is 31.3 Å². The Labute approximate surface area is 112 Å². The number of fused-ring (bicyclic) bond motifs is 1. The first kappa shape index (κ1) is 12.3. The fourth-order valence-electron chi connectivity index (χ4n) is 2.74. The van der Waals surface area contributed by atoms with Gasteiger partial charge in [0.15, 0.2) is 5.78 Å². The molecule has 1 aliphatic rings. The van der Waals surface area contributed by atoms with Gasteiger partial charge in [-0.1, -0.05) is 18.2 Å². The molecule has 1 saturated carbocycles. The van der Waals surface area contributed by atoms with Crippen LogP contribution in [0.4, 0.5) is 0 Å². The van der Waals surface area contributed by atoms with Crippen molar-refractivity contribution in [3.05, 3.63) is 42.1 Å². The summed E-state index contributed by atoms with van der Waals surface area (Å²) in [7, 11) is 1.70. The first-order valence-electron chi connectivity index (χ1n) is 6.66. The Balaban J connectivity index is 1.93. The fourth-order valence-corrected chi connectivity index (χ4v) is 2.74. The number of carbonyl (C=O) groups is 1. The summed E-state index contributed by atoms with van der Waals surface area (Å²) in [6, 6.07) is 9.62. The van der Waals surface area contributed by atoms with E-state index in [2.05, 4.69) is 4.98 Å². The Morgan fingerprint density at radius 1 is 1.32 bits per heavy atom. The summed E-state index contributed by atoms with van der Waals surface area (Å²) in [4.78, 5) is 16.8. The molecule has 0 atom stereocenters. The Morgan fingerprint density at radius 3 is 2.79 bits per heavy atom. The van der Waals surface area contributed by atoms with Crippen LogP contribution in [-0.2, 0) is 4.74 Å². The molecule has 1 aromatic carbocycles. The van der Waals surface area contributed by atoms with Crippen molar-refractivity contribution in [1.82, 2.24) is 4.98 Å². The number of hydrogen-bond acceptors (Lipinski definition) is 3.